The Morgan fingerprint density at radius 1 is 1.15 bits per heavy atom. The lowest BCUT2D eigenvalue weighted by Gasteiger charge is -2.06. The minimum atomic E-state index is -0.469. The Bertz CT molecular complexity index is 635. The Balaban J connectivity index is 2.00. The van der Waals surface area contributed by atoms with Gasteiger partial charge in [-0.2, -0.15) is 0 Å². The molecule has 5 heteroatoms. The summed E-state index contributed by atoms with van der Waals surface area (Å²) in [6.45, 7) is 1.92. The molecule has 0 fully saturated rings. The highest BCUT2D eigenvalue weighted by Gasteiger charge is 2.10. The van der Waals surface area contributed by atoms with Gasteiger partial charge in [-0.1, -0.05) is 18.2 Å². The molecule has 0 bridgehead atoms. The van der Waals surface area contributed by atoms with Gasteiger partial charge >= 0.3 is 5.97 Å². The fourth-order valence-electron chi connectivity index (χ4n) is 1.74. The normalized spacial score (nSPS) is 10.1. The zero-order valence-electron chi connectivity index (χ0n) is 10.9. The fraction of sp³-hybridized carbons (Fsp3) is 0.133. The number of carbonyl (C=O) groups is 1. The van der Waals surface area contributed by atoms with Crippen molar-refractivity contribution in [2.45, 2.75) is 13.5 Å². The first-order chi connectivity index (χ1) is 9.58. The molecule has 0 N–H and O–H groups in total. The molecule has 0 amide bonds. The highest BCUT2D eigenvalue weighted by atomic mass is 16.6. The zero-order chi connectivity index (χ0) is 14.5. The van der Waals surface area contributed by atoms with Crippen LogP contribution in [0.1, 0.15) is 21.5 Å². The molecule has 5 nitrogen and oxygen atoms in total. The summed E-state index contributed by atoms with van der Waals surface area (Å²) in [5, 5.41) is 10.5. The van der Waals surface area contributed by atoms with E-state index in [2.05, 4.69) is 0 Å². The number of hydrogen-bond acceptors (Lipinski definition) is 4. The van der Waals surface area contributed by atoms with Gasteiger partial charge in [-0.25, -0.2) is 4.79 Å². The van der Waals surface area contributed by atoms with E-state index < -0.39 is 10.9 Å². The van der Waals surface area contributed by atoms with Crippen molar-refractivity contribution in [3.8, 4) is 0 Å². The number of hydrogen-bond donors (Lipinski definition) is 0. The van der Waals surface area contributed by atoms with Crippen LogP contribution >= 0.6 is 0 Å². The van der Waals surface area contributed by atoms with Crippen LogP contribution in [0.5, 0.6) is 0 Å². The van der Waals surface area contributed by atoms with Crippen LogP contribution in [-0.4, -0.2) is 10.9 Å². The summed E-state index contributed by atoms with van der Waals surface area (Å²) in [4.78, 5) is 21.9. The highest BCUT2D eigenvalue weighted by molar-refractivity contribution is 5.90. The molecule has 2 aromatic carbocycles. The molecule has 2 aromatic rings. The summed E-state index contributed by atoms with van der Waals surface area (Å²) in [5.74, 6) is -0.401. The first-order valence-corrected chi connectivity index (χ1v) is 6.04. The number of non-ortho nitro benzene ring substituents is 1. The van der Waals surface area contributed by atoms with Crippen LogP contribution in [0, 0.1) is 17.0 Å². The quantitative estimate of drug-likeness (QED) is 0.486. The predicted octanol–water partition coefficient (Wildman–Crippen LogP) is 3.26. The maximum atomic E-state index is 11.9. The van der Waals surface area contributed by atoms with Gasteiger partial charge in [0.25, 0.3) is 5.69 Å². The minimum Gasteiger partial charge on any atom is -0.457 e. The monoisotopic (exact) mass is 271 g/mol. The van der Waals surface area contributed by atoms with Gasteiger partial charge in [-0.3, -0.25) is 10.1 Å². The molecular weight excluding hydrogens is 258 g/mol. The molecule has 0 atom stereocenters. The minimum absolute atomic E-state index is 0.0129. The summed E-state index contributed by atoms with van der Waals surface area (Å²) < 4.78 is 5.19. The topological polar surface area (TPSA) is 69.4 Å². The number of benzene rings is 2. The lowest BCUT2D eigenvalue weighted by molar-refractivity contribution is -0.384. The number of rotatable bonds is 4. The van der Waals surface area contributed by atoms with Crippen molar-refractivity contribution in [2.75, 3.05) is 0 Å². The molecule has 0 aliphatic carbocycles. The Kier molecular flexibility index (Phi) is 4.10. The van der Waals surface area contributed by atoms with Crippen LogP contribution in [-0.2, 0) is 11.3 Å². The molecule has 0 unspecified atom stereocenters. The summed E-state index contributed by atoms with van der Waals surface area (Å²) in [5.41, 5.74) is 2.09. The fourth-order valence-corrected chi connectivity index (χ4v) is 1.74. The number of nitrogens with zero attached hydrogens (tertiary/aromatic N) is 1. The summed E-state index contributed by atoms with van der Waals surface area (Å²) in [7, 11) is 0. The Labute approximate surface area is 116 Å². The molecule has 0 aliphatic rings. The summed E-state index contributed by atoms with van der Waals surface area (Å²) >= 11 is 0. The van der Waals surface area contributed by atoms with Crippen LogP contribution in [0.4, 0.5) is 5.69 Å². The third-order valence-corrected chi connectivity index (χ3v) is 2.88. The SMILES string of the molecule is Cc1ccccc1C(=O)OCc1ccc([N+](=O)[O-])cc1. The molecule has 0 aliphatic heterocycles. The smallest absolute Gasteiger partial charge is 0.338 e. The van der Waals surface area contributed by atoms with Crippen molar-refractivity contribution in [3.05, 3.63) is 75.3 Å². The third kappa shape index (κ3) is 3.20. The molecule has 0 heterocycles. The first-order valence-electron chi connectivity index (χ1n) is 6.04. The van der Waals surface area contributed by atoms with Gasteiger partial charge < -0.3 is 4.74 Å². The van der Waals surface area contributed by atoms with Crippen LogP contribution in [0.3, 0.4) is 0 Å². The van der Waals surface area contributed by atoms with E-state index in [0.717, 1.165) is 5.56 Å². The van der Waals surface area contributed by atoms with E-state index in [4.69, 9.17) is 4.74 Å². The number of nitro groups is 1. The lowest BCUT2D eigenvalue weighted by atomic mass is 10.1. The second-order valence-electron chi connectivity index (χ2n) is 4.31. The largest absolute Gasteiger partial charge is 0.457 e. The van der Waals surface area contributed by atoms with Gasteiger partial charge in [0.15, 0.2) is 0 Å². The lowest BCUT2D eigenvalue weighted by Crippen LogP contribution is -2.06. The summed E-state index contributed by atoms with van der Waals surface area (Å²) in [6.07, 6.45) is 0. The number of carbonyl (C=O) groups excluding carboxylic acids is 1. The number of aryl methyl sites for hydroxylation is 1. The number of nitro benzene ring substituents is 1. The van der Waals surface area contributed by atoms with Crippen LogP contribution in [0.15, 0.2) is 48.5 Å². The highest BCUT2D eigenvalue weighted by Crippen LogP contribution is 2.14. The molecular formula is C15H13NO4. The van der Waals surface area contributed by atoms with Gasteiger partial charge in [0.1, 0.15) is 6.61 Å². The standard InChI is InChI=1S/C15H13NO4/c1-11-4-2-3-5-14(11)15(17)20-10-12-6-8-13(9-7-12)16(18)19/h2-9H,10H2,1H3. The van der Waals surface area contributed by atoms with Crippen molar-refractivity contribution in [2.24, 2.45) is 0 Å². The zero-order valence-corrected chi connectivity index (χ0v) is 10.9. The number of ether oxygens (including phenoxy) is 1. The number of esters is 1. The maximum Gasteiger partial charge on any atom is 0.338 e. The third-order valence-electron chi connectivity index (χ3n) is 2.88. The van der Waals surface area contributed by atoms with Crippen molar-refractivity contribution in [3.63, 3.8) is 0 Å². The van der Waals surface area contributed by atoms with Gasteiger partial charge in [-0.15, -0.1) is 0 Å². The van der Waals surface area contributed by atoms with Crippen LogP contribution in [0.2, 0.25) is 0 Å². The van der Waals surface area contributed by atoms with Crippen LogP contribution in [0.25, 0.3) is 0 Å². The van der Waals surface area contributed by atoms with Crippen LogP contribution < -0.4 is 0 Å². The second kappa shape index (κ2) is 5.97. The second-order valence-corrected chi connectivity index (χ2v) is 4.31. The van der Waals surface area contributed by atoms with E-state index in [1.165, 1.54) is 12.1 Å². The molecule has 0 saturated heterocycles. The molecule has 20 heavy (non-hydrogen) atoms. The van der Waals surface area contributed by atoms with Crippen molar-refractivity contribution in [1.82, 2.24) is 0 Å². The molecule has 2 rings (SSSR count). The molecule has 0 aromatic heterocycles. The van der Waals surface area contributed by atoms with E-state index in [-0.39, 0.29) is 12.3 Å². The van der Waals surface area contributed by atoms with E-state index in [0.29, 0.717) is 11.1 Å². The van der Waals surface area contributed by atoms with E-state index in [9.17, 15) is 14.9 Å². The Hall–Kier alpha value is -2.69. The Morgan fingerprint density at radius 3 is 2.40 bits per heavy atom. The van der Waals surface area contributed by atoms with E-state index in [1.54, 1.807) is 24.3 Å². The van der Waals surface area contributed by atoms with Crippen molar-refractivity contribution < 1.29 is 14.5 Å². The van der Waals surface area contributed by atoms with Gasteiger partial charge in [-0.05, 0) is 36.2 Å². The molecule has 0 saturated carbocycles. The van der Waals surface area contributed by atoms with Crippen molar-refractivity contribution >= 4 is 11.7 Å². The van der Waals surface area contributed by atoms with E-state index >= 15 is 0 Å². The average molecular weight is 271 g/mol. The van der Waals surface area contributed by atoms with Gasteiger partial charge in [0, 0.05) is 12.1 Å². The van der Waals surface area contributed by atoms with Gasteiger partial charge in [0.2, 0.25) is 0 Å². The first kappa shape index (κ1) is 13.7. The summed E-state index contributed by atoms with van der Waals surface area (Å²) in [6, 6.07) is 13.1. The molecule has 102 valence electrons. The average Bonchev–Trinajstić information content (AvgIpc) is 2.45. The van der Waals surface area contributed by atoms with Crippen molar-refractivity contribution in [1.29, 1.82) is 0 Å². The van der Waals surface area contributed by atoms with E-state index in [1.807, 2.05) is 19.1 Å². The molecule has 0 spiro atoms. The van der Waals surface area contributed by atoms with Gasteiger partial charge in [0.05, 0.1) is 10.5 Å². The Morgan fingerprint density at radius 2 is 1.80 bits per heavy atom. The predicted molar refractivity (Wildman–Crippen MR) is 73.4 cm³/mol. The molecule has 0 radical (unpaired) electrons. The maximum absolute atomic E-state index is 11.9.